The van der Waals surface area contributed by atoms with Gasteiger partial charge in [0.1, 0.15) is 0 Å². The van der Waals surface area contributed by atoms with Crippen LogP contribution in [-0.4, -0.2) is 9.55 Å². The predicted octanol–water partition coefficient (Wildman–Crippen LogP) is 3.46. The summed E-state index contributed by atoms with van der Waals surface area (Å²) in [5.74, 6) is 1.58. The van der Waals surface area contributed by atoms with Crippen LogP contribution in [0.4, 0.5) is 0 Å². The van der Waals surface area contributed by atoms with Gasteiger partial charge in [0.2, 0.25) is 0 Å². The summed E-state index contributed by atoms with van der Waals surface area (Å²) in [6.45, 7) is 6.81. The van der Waals surface area contributed by atoms with Gasteiger partial charge in [-0.15, -0.1) is 0 Å². The summed E-state index contributed by atoms with van der Waals surface area (Å²) in [5.41, 5.74) is 1.26. The molecule has 1 fully saturated rings. The van der Waals surface area contributed by atoms with E-state index in [-0.39, 0.29) is 0 Å². The van der Waals surface area contributed by atoms with Gasteiger partial charge >= 0.3 is 0 Å². The number of hydrogen-bond donors (Lipinski definition) is 1. The number of hydrogen-bond acceptors (Lipinski definition) is 1. The molecule has 0 spiro atoms. The van der Waals surface area contributed by atoms with E-state index in [0.29, 0.717) is 6.04 Å². The number of aryl methyl sites for hydroxylation is 1. The molecule has 1 aromatic heterocycles. The van der Waals surface area contributed by atoms with Gasteiger partial charge < -0.3 is 9.55 Å². The van der Waals surface area contributed by atoms with Gasteiger partial charge in [0.05, 0.1) is 0 Å². The normalized spacial score (nSPS) is 32.4. The van der Waals surface area contributed by atoms with Crippen molar-refractivity contribution in [1.29, 1.82) is 0 Å². The van der Waals surface area contributed by atoms with Crippen LogP contribution in [0.15, 0.2) is 6.20 Å². The van der Waals surface area contributed by atoms with Gasteiger partial charge in [0.25, 0.3) is 0 Å². The maximum absolute atomic E-state index is 5.31. The predicted molar refractivity (Wildman–Crippen MR) is 61.0 cm³/mol. The third-order valence-electron chi connectivity index (χ3n) is 3.76. The van der Waals surface area contributed by atoms with E-state index in [1.807, 2.05) is 6.20 Å². The Morgan fingerprint density at radius 1 is 1.43 bits per heavy atom. The summed E-state index contributed by atoms with van der Waals surface area (Å²) < 4.78 is 3.18. The van der Waals surface area contributed by atoms with E-state index in [1.165, 1.54) is 18.5 Å². The van der Waals surface area contributed by atoms with Crippen molar-refractivity contribution < 1.29 is 0 Å². The molecule has 2 rings (SSSR count). The molecule has 3 atom stereocenters. The van der Waals surface area contributed by atoms with Gasteiger partial charge in [-0.1, -0.05) is 13.8 Å². The first-order valence-corrected chi connectivity index (χ1v) is 5.78. The Kier molecular flexibility index (Phi) is 2.52. The minimum Gasteiger partial charge on any atom is -0.337 e. The second-order valence-electron chi connectivity index (χ2n) is 4.59. The Balaban J connectivity index is 2.37. The van der Waals surface area contributed by atoms with Crippen LogP contribution in [0.3, 0.4) is 0 Å². The zero-order valence-electron chi connectivity index (χ0n) is 9.08. The Hall–Kier alpha value is -0.570. The minimum absolute atomic E-state index is 0.615. The number of H-pyrrole nitrogens is 1. The highest BCUT2D eigenvalue weighted by molar-refractivity contribution is 7.71. The number of rotatable bonds is 1. The van der Waals surface area contributed by atoms with Gasteiger partial charge in [-0.2, -0.15) is 0 Å². The Morgan fingerprint density at radius 3 is 2.57 bits per heavy atom. The van der Waals surface area contributed by atoms with Crippen molar-refractivity contribution in [3.63, 3.8) is 0 Å². The zero-order valence-corrected chi connectivity index (χ0v) is 9.90. The summed E-state index contributed by atoms with van der Waals surface area (Å²) in [6, 6.07) is 0.615. The van der Waals surface area contributed by atoms with Gasteiger partial charge in [0.15, 0.2) is 4.77 Å². The highest BCUT2D eigenvalue weighted by atomic mass is 32.1. The van der Waals surface area contributed by atoms with E-state index < -0.39 is 0 Å². The monoisotopic (exact) mass is 210 g/mol. The molecule has 14 heavy (non-hydrogen) atoms. The third-order valence-corrected chi connectivity index (χ3v) is 4.07. The summed E-state index contributed by atoms with van der Waals surface area (Å²) >= 11 is 5.31. The second kappa shape index (κ2) is 3.54. The summed E-state index contributed by atoms with van der Waals surface area (Å²) in [6.07, 6.45) is 4.62. The molecule has 1 heterocycles. The fourth-order valence-electron chi connectivity index (χ4n) is 2.58. The molecule has 1 saturated carbocycles. The van der Waals surface area contributed by atoms with Gasteiger partial charge in [-0.05, 0) is 43.8 Å². The number of aromatic amines is 1. The standard InChI is InChI=1S/C11H18N2S/c1-7-4-5-10(9(7)3)13-8(2)6-12-11(13)14/h6-7,9-10H,4-5H2,1-3H3,(H,12,14). The third kappa shape index (κ3) is 1.44. The van der Waals surface area contributed by atoms with Crippen molar-refractivity contribution in [3.05, 3.63) is 16.7 Å². The fourth-order valence-corrected chi connectivity index (χ4v) is 2.92. The first kappa shape index (κ1) is 9.97. The summed E-state index contributed by atoms with van der Waals surface area (Å²) in [4.78, 5) is 3.13. The highest BCUT2D eigenvalue weighted by Crippen LogP contribution is 2.40. The number of nitrogens with one attached hydrogen (secondary N) is 1. The van der Waals surface area contributed by atoms with E-state index in [9.17, 15) is 0 Å². The van der Waals surface area contributed by atoms with Gasteiger partial charge in [0, 0.05) is 17.9 Å². The average Bonchev–Trinajstić information content (AvgIpc) is 2.62. The van der Waals surface area contributed by atoms with Crippen molar-refractivity contribution >= 4 is 12.2 Å². The second-order valence-corrected chi connectivity index (χ2v) is 4.97. The lowest BCUT2D eigenvalue weighted by molar-refractivity contribution is 0.347. The van der Waals surface area contributed by atoms with Crippen molar-refractivity contribution in [2.24, 2.45) is 11.8 Å². The van der Waals surface area contributed by atoms with Crippen LogP contribution in [0.25, 0.3) is 0 Å². The van der Waals surface area contributed by atoms with Crippen LogP contribution in [0.5, 0.6) is 0 Å². The van der Waals surface area contributed by atoms with E-state index in [0.717, 1.165) is 16.6 Å². The molecule has 78 valence electrons. The first-order chi connectivity index (χ1) is 6.61. The molecule has 0 amide bonds. The molecule has 0 bridgehead atoms. The van der Waals surface area contributed by atoms with Crippen molar-refractivity contribution in [3.8, 4) is 0 Å². The molecule has 2 nitrogen and oxygen atoms in total. The van der Waals surface area contributed by atoms with Gasteiger partial charge in [-0.25, -0.2) is 0 Å². The van der Waals surface area contributed by atoms with Gasteiger partial charge in [-0.3, -0.25) is 0 Å². The Bertz CT molecular complexity index is 377. The molecule has 0 aromatic carbocycles. The smallest absolute Gasteiger partial charge is 0.177 e. The molecular formula is C11H18N2S. The van der Waals surface area contributed by atoms with E-state index >= 15 is 0 Å². The molecule has 3 heteroatoms. The van der Waals surface area contributed by atoms with E-state index in [1.54, 1.807) is 0 Å². The number of aromatic nitrogens is 2. The van der Waals surface area contributed by atoms with Crippen LogP contribution < -0.4 is 0 Å². The molecule has 1 aromatic rings. The topological polar surface area (TPSA) is 20.7 Å². The molecule has 0 saturated heterocycles. The van der Waals surface area contributed by atoms with Crippen LogP contribution in [0.1, 0.15) is 38.4 Å². The maximum Gasteiger partial charge on any atom is 0.177 e. The number of imidazole rings is 1. The van der Waals surface area contributed by atoms with Crippen LogP contribution >= 0.6 is 12.2 Å². The van der Waals surface area contributed by atoms with Crippen molar-refractivity contribution in [1.82, 2.24) is 9.55 Å². The zero-order chi connectivity index (χ0) is 10.3. The molecule has 1 aliphatic rings. The average molecular weight is 210 g/mol. The quantitative estimate of drug-likeness (QED) is 0.704. The van der Waals surface area contributed by atoms with E-state index in [2.05, 4.69) is 30.3 Å². The Morgan fingerprint density at radius 2 is 2.14 bits per heavy atom. The highest BCUT2D eigenvalue weighted by Gasteiger charge is 2.31. The number of nitrogens with zero attached hydrogens (tertiary/aromatic N) is 1. The lowest BCUT2D eigenvalue weighted by Crippen LogP contribution is -2.15. The lowest BCUT2D eigenvalue weighted by atomic mass is 9.97. The van der Waals surface area contributed by atoms with Crippen molar-refractivity contribution in [2.75, 3.05) is 0 Å². The fraction of sp³-hybridized carbons (Fsp3) is 0.727. The summed E-state index contributed by atoms with van der Waals surface area (Å²) in [5, 5.41) is 0. The van der Waals surface area contributed by atoms with E-state index in [4.69, 9.17) is 12.2 Å². The molecule has 0 aliphatic heterocycles. The maximum atomic E-state index is 5.31. The summed E-state index contributed by atoms with van der Waals surface area (Å²) in [7, 11) is 0. The Labute approximate surface area is 90.3 Å². The largest absolute Gasteiger partial charge is 0.337 e. The van der Waals surface area contributed by atoms with Crippen LogP contribution in [0, 0.1) is 23.5 Å². The van der Waals surface area contributed by atoms with Crippen molar-refractivity contribution in [2.45, 2.75) is 39.7 Å². The lowest BCUT2D eigenvalue weighted by Gasteiger charge is -2.21. The molecular weight excluding hydrogens is 192 g/mol. The van der Waals surface area contributed by atoms with Crippen LogP contribution in [-0.2, 0) is 0 Å². The molecule has 0 radical (unpaired) electrons. The van der Waals surface area contributed by atoms with Crippen LogP contribution in [0.2, 0.25) is 0 Å². The minimum atomic E-state index is 0.615. The molecule has 1 aliphatic carbocycles. The molecule has 3 unspecified atom stereocenters. The first-order valence-electron chi connectivity index (χ1n) is 5.37. The SMILES string of the molecule is Cc1c[nH]c(=S)n1C1CCC(C)C1C. The molecule has 1 N–H and O–H groups in total.